The van der Waals surface area contributed by atoms with Gasteiger partial charge in [0.2, 0.25) is 0 Å². The predicted molar refractivity (Wildman–Crippen MR) is 110 cm³/mol. The number of benzene rings is 2. The van der Waals surface area contributed by atoms with Crippen molar-refractivity contribution in [3.63, 3.8) is 0 Å². The van der Waals surface area contributed by atoms with Crippen LogP contribution < -0.4 is 14.4 Å². The SMILES string of the molecule is c1csc(NSc2ccc3c(c2)OCCN3c2ccc3nccnc3c2)n1. The van der Waals surface area contributed by atoms with Crippen molar-refractivity contribution in [1.82, 2.24) is 15.0 Å². The Hall–Kier alpha value is -2.84. The third-order valence-corrected chi connectivity index (χ3v) is 5.85. The average Bonchev–Trinajstić information content (AvgIpc) is 3.25. The molecule has 4 aromatic rings. The molecule has 8 heteroatoms. The third kappa shape index (κ3) is 3.29. The van der Waals surface area contributed by atoms with Gasteiger partial charge in [0.05, 0.1) is 23.3 Å². The van der Waals surface area contributed by atoms with Gasteiger partial charge in [0.1, 0.15) is 12.4 Å². The molecule has 0 spiro atoms. The molecule has 0 amide bonds. The smallest absolute Gasteiger partial charge is 0.192 e. The number of fused-ring (bicyclic) bond motifs is 2. The Morgan fingerprint density at radius 1 is 1.00 bits per heavy atom. The van der Waals surface area contributed by atoms with Crippen LogP contribution in [0.25, 0.3) is 11.0 Å². The molecule has 2 aromatic carbocycles. The fourth-order valence-electron chi connectivity index (χ4n) is 3.03. The monoisotopic (exact) mass is 393 g/mol. The van der Waals surface area contributed by atoms with Crippen molar-refractivity contribution in [3.8, 4) is 5.75 Å². The lowest BCUT2D eigenvalue weighted by molar-refractivity contribution is 0.313. The number of nitrogens with one attached hydrogen (secondary N) is 1. The molecular formula is C19H15N5OS2. The molecule has 0 bridgehead atoms. The highest BCUT2D eigenvalue weighted by atomic mass is 32.2. The summed E-state index contributed by atoms with van der Waals surface area (Å²) in [6, 6.07) is 12.4. The van der Waals surface area contributed by atoms with Crippen molar-refractivity contribution in [2.75, 3.05) is 22.8 Å². The first-order valence-electron chi connectivity index (χ1n) is 8.44. The molecule has 2 aromatic heterocycles. The minimum atomic E-state index is 0.638. The lowest BCUT2D eigenvalue weighted by Gasteiger charge is -2.31. The molecule has 1 aliphatic heterocycles. The summed E-state index contributed by atoms with van der Waals surface area (Å²) < 4.78 is 9.17. The van der Waals surface area contributed by atoms with Crippen LogP contribution in [0.1, 0.15) is 0 Å². The van der Waals surface area contributed by atoms with Gasteiger partial charge in [0.25, 0.3) is 0 Å². The van der Waals surface area contributed by atoms with Gasteiger partial charge in [0, 0.05) is 34.6 Å². The molecule has 0 unspecified atom stereocenters. The van der Waals surface area contributed by atoms with Crippen molar-refractivity contribution in [1.29, 1.82) is 0 Å². The van der Waals surface area contributed by atoms with Gasteiger partial charge in [-0.05, 0) is 48.3 Å². The predicted octanol–water partition coefficient (Wildman–Crippen LogP) is 4.74. The van der Waals surface area contributed by atoms with Gasteiger partial charge in [-0.3, -0.25) is 9.97 Å². The number of nitrogens with zero attached hydrogens (tertiary/aromatic N) is 4. The van der Waals surface area contributed by atoms with Crippen LogP contribution >= 0.6 is 23.3 Å². The van der Waals surface area contributed by atoms with E-state index in [0.717, 1.165) is 44.7 Å². The van der Waals surface area contributed by atoms with Crippen LogP contribution in [0.4, 0.5) is 16.5 Å². The summed E-state index contributed by atoms with van der Waals surface area (Å²) in [5, 5.41) is 2.84. The number of hydrogen-bond acceptors (Lipinski definition) is 8. The first kappa shape index (κ1) is 16.3. The number of hydrogen-bond donors (Lipinski definition) is 1. The van der Waals surface area contributed by atoms with Crippen molar-refractivity contribution in [2.45, 2.75) is 4.90 Å². The van der Waals surface area contributed by atoms with Crippen LogP contribution in [-0.4, -0.2) is 28.1 Å². The molecule has 1 N–H and O–H groups in total. The molecule has 1 aliphatic rings. The Labute approximate surface area is 164 Å². The number of ether oxygens (including phenoxy) is 1. The van der Waals surface area contributed by atoms with Crippen LogP contribution in [0.2, 0.25) is 0 Å². The fourth-order valence-corrected chi connectivity index (χ4v) is 4.28. The molecule has 0 atom stereocenters. The minimum Gasteiger partial charge on any atom is -0.489 e. The second-order valence-electron chi connectivity index (χ2n) is 5.90. The molecule has 3 heterocycles. The number of aromatic nitrogens is 3. The first-order valence-corrected chi connectivity index (χ1v) is 10.1. The Kier molecular flexibility index (Phi) is 4.27. The van der Waals surface area contributed by atoms with Gasteiger partial charge in [-0.15, -0.1) is 11.3 Å². The van der Waals surface area contributed by atoms with E-state index in [4.69, 9.17) is 4.74 Å². The molecule has 5 rings (SSSR count). The summed E-state index contributed by atoms with van der Waals surface area (Å²) in [7, 11) is 0. The number of thiazole rings is 1. The summed E-state index contributed by atoms with van der Waals surface area (Å²) in [5.74, 6) is 0.881. The summed E-state index contributed by atoms with van der Waals surface area (Å²) in [6.45, 7) is 1.43. The molecule has 134 valence electrons. The third-order valence-electron chi connectivity index (χ3n) is 4.25. The average molecular weight is 393 g/mol. The molecule has 0 radical (unpaired) electrons. The van der Waals surface area contributed by atoms with Crippen LogP contribution in [-0.2, 0) is 0 Å². The Bertz CT molecular complexity index is 1090. The van der Waals surface area contributed by atoms with E-state index < -0.39 is 0 Å². The highest BCUT2D eigenvalue weighted by molar-refractivity contribution is 8.00. The summed E-state index contributed by atoms with van der Waals surface area (Å²) in [5.41, 5.74) is 3.94. The van der Waals surface area contributed by atoms with Crippen LogP contribution in [0, 0.1) is 0 Å². The summed E-state index contributed by atoms with van der Waals surface area (Å²) in [6.07, 6.45) is 5.22. The van der Waals surface area contributed by atoms with Crippen molar-refractivity contribution in [2.24, 2.45) is 0 Å². The molecule has 0 fully saturated rings. The zero-order valence-electron chi connectivity index (χ0n) is 14.2. The highest BCUT2D eigenvalue weighted by Gasteiger charge is 2.20. The molecule has 6 nitrogen and oxygen atoms in total. The van der Waals surface area contributed by atoms with Gasteiger partial charge < -0.3 is 14.4 Å². The van der Waals surface area contributed by atoms with E-state index in [2.05, 4.69) is 54.9 Å². The molecular weight excluding hydrogens is 378 g/mol. The van der Waals surface area contributed by atoms with Gasteiger partial charge in [-0.2, -0.15) is 0 Å². The Morgan fingerprint density at radius 3 is 2.81 bits per heavy atom. The van der Waals surface area contributed by atoms with Gasteiger partial charge in [-0.1, -0.05) is 0 Å². The topological polar surface area (TPSA) is 63.2 Å². The normalized spacial score (nSPS) is 13.3. The Balaban J connectivity index is 1.43. The van der Waals surface area contributed by atoms with Crippen molar-refractivity contribution in [3.05, 3.63) is 60.4 Å². The maximum atomic E-state index is 5.92. The first-order chi connectivity index (χ1) is 13.4. The van der Waals surface area contributed by atoms with Gasteiger partial charge in [-0.25, -0.2) is 4.98 Å². The van der Waals surface area contributed by atoms with E-state index in [-0.39, 0.29) is 0 Å². The lowest BCUT2D eigenvalue weighted by Crippen LogP contribution is -2.28. The van der Waals surface area contributed by atoms with Crippen LogP contribution in [0.5, 0.6) is 5.75 Å². The number of anilines is 3. The highest BCUT2D eigenvalue weighted by Crippen LogP contribution is 2.39. The maximum absolute atomic E-state index is 5.92. The molecule has 27 heavy (non-hydrogen) atoms. The zero-order valence-corrected chi connectivity index (χ0v) is 15.8. The summed E-state index contributed by atoms with van der Waals surface area (Å²) >= 11 is 3.11. The quantitative estimate of drug-likeness (QED) is 0.503. The van der Waals surface area contributed by atoms with Crippen molar-refractivity contribution < 1.29 is 4.74 Å². The van der Waals surface area contributed by atoms with Crippen LogP contribution in [0.3, 0.4) is 0 Å². The van der Waals surface area contributed by atoms with Gasteiger partial charge in [0.15, 0.2) is 5.13 Å². The second kappa shape index (κ2) is 7.05. The fraction of sp³-hybridized carbons (Fsp3) is 0.105. The molecule has 0 saturated carbocycles. The molecule has 0 aliphatic carbocycles. The van der Waals surface area contributed by atoms with E-state index in [9.17, 15) is 0 Å². The van der Waals surface area contributed by atoms with E-state index in [1.165, 1.54) is 11.9 Å². The van der Waals surface area contributed by atoms with E-state index in [1.807, 2.05) is 11.4 Å². The largest absolute Gasteiger partial charge is 0.489 e. The number of rotatable bonds is 4. The van der Waals surface area contributed by atoms with Crippen molar-refractivity contribution >= 4 is 50.8 Å². The van der Waals surface area contributed by atoms with Gasteiger partial charge >= 0.3 is 0 Å². The Morgan fingerprint density at radius 2 is 1.93 bits per heavy atom. The maximum Gasteiger partial charge on any atom is 0.192 e. The minimum absolute atomic E-state index is 0.638. The van der Waals surface area contributed by atoms with E-state index in [1.54, 1.807) is 29.9 Å². The summed E-state index contributed by atoms with van der Waals surface area (Å²) in [4.78, 5) is 16.3. The zero-order chi connectivity index (χ0) is 18.1. The molecule has 0 saturated heterocycles. The lowest BCUT2D eigenvalue weighted by atomic mass is 10.2. The van der Waals surface area contributed by atoms with E-state index >= 15 is 0 Å². The standard InChI is InChI=1S/C19H15N5OS2/c1-3-15-16(21-6-5-20-15)11-13(1)24-8-9-25-18-12-14(2-4-17(18)24)27-23-19-22-7-10-26-19/h1-7,10-12H,8-9H2,(H,22,23). The van der Waals surface area contributed by atoms with Crippen LogP contribution in [0.15, 0.2) is 65.3 Å². The second-order valence-corrected chi connectivity index (χ2v) is 7.67. The van der Waals surface area contributed by atoms with E-state index in [0.29, 0.717) is 6.61 Å².